The molecule has 2 aromatic rings. The van der Waals surface area contributed by atoms with E-state index in [4.69, 9.17) is 0 Å². The van der Waals surface area contributed by atoms with Gasteiger partial charge in [-0.1, -0.05) is 6.07 Å². The fraction of sp³-hybridized carbons (Fsp3) is 0.316. The molecule has 2 heterocycles. The number of carbonyl (C=O) groups excluding carboxylic acids is 2. The zero-order valence-electron chi connectivity index (χ0n) is 15.4. The molecule has 1 fully saturated rings. The Morgan fingerprint density at radius 3 is 2.61 bits per heavy atom. The summed E-state index contributed by atoms with van der Waals surface area (Å²) in [6.45, 7) is 2.86. The van der Waals surface area contributed by atoms with Gasteiger partial charge in [0.05, 0.1) is 0 Å². The lowest BCUT2D eigenvalue weighted by Gasteiger charge is -2.22. The topological polar surface area (TPSA) is 83.1 Å². The number of rotatable bonds is 5. The average Bonchev–Trinajstić information content (AvgIpc) is 2.66. The molecule has 152 valence electrons. The van der Waals surface area contributed by atoms with E-state index < -0.39 is 0 Å². The predicted octanol–water partition coefficient (Wildman–Crippen LogP) is 3.52. The minimum atomic E-state index is -0.206. The number of pyridine rings is 1. The van der Waals surface area contributed by atoms with Crippen LogP contribution in [0, 0.1) is 6.92 Å². The number of hydrogen-bond acceptors (Lipinski definition) is 5. The number of aromatic nitrogens is 1. The van der Waals surface area contributed by atoms with Crippen molar-refractivity contribution in [2.45, 2.75) is 19.4 Å². The summed E-state index contributed by atoms with van der Waals surface area (Å²) in [5.41, 5.74) is 2.82. The number of benzene rings is 1. The van der Waals surface area contributed by atoms with Gasteiger partial charge in [-0.15, -0.1) is 24.8 Å². The highest BCUT2D eigenvalue weighted by Gasteiger charge is 2.17. The molecule has 9 heteroatoms. The van der Waals surface area contributed by atoms with Crippen LogP contribution in [0.4, 0.5) is 11.4 Å². The van der Waals surface area contributed by atoms with Crippen LogP contribution in [-0.4, -0.2) is 40.9 Å². The van der Waals surface area contributed by atoms with Gasteiger partial charge in [0.2, 0.25) is 5.91 Å². The predicted molar refractivity (Wildman–Crippen MR) is 120 cm³/mol. The van der Waals surface area contributed by atoms with Gasteiger partial charge < -0.3 is 16.0 Å². The Morgan fingerprint density at radius 1 is 1.18 bits per heavy atom. The maximum Gasteiger partial charge on any atom is 0.255 e. The number of carbonyl (C=O) groups is 2. The first-order chi connectivity index (χ1) is 12.6. The average molecular weight is 443 g/mol. The largest absolute Gasteiger partial charge is 0.326 e. The molecule has 6 nitrogen and oxygen atoms in total. The summed E-state index contributed by atoms with van der Waals surface area (Å²) in [4.78, 5) is 28.5. The third-order valence-electron chi connectivity index (χ3n) is 4.14. The van der Waals surface area contributed by atoms with Gasteiger partial charge in [0.25, 0.3) is 5.91 Å². The summed E-state index contributed by atoms with van der Waals surface area (Å²) in [5, 5.41) is 9.16. The Labute approximate surface area is 181 Å². The Hall–Kier alpha value is -1.80. The Morgan fingerprint density at radius 2 is 1.93 bits per heavy atom. The van der Waals surface area contributed by atoms with E-state index in [9.17, 15) is 9.59 Å². The van der Waals surface area contributed by atoms with E-state index in [1.807, 2.05) is 30.8 Å². The van der Waals surface area contributed by atoms with Crippen molar-refractivity contribution in [1.82, 2.24) is 10.3 Å². The molecule has 1 atom stereocenters. The summed E-state index contributed by atoms with van der Waals surface area (Å²) >= 11 is 1.87. The van der Waals surface area contributed by atoms with Crippen molar-refractivity contribution in [1.29, 1.82) is 0 Å². The summed E-state index contributed by atoms with van der Waals surface area (Å²) in [6.07, 6.45) is 3.60. The fourth-order valence-corrected chi connectivity index (χ4v) is 3.67. The maximum atomic E-state index is 12.3. The Kier molecular flexibility index (Phi) is 10.3. The van der Waals surface area contributed by atoms with E-state index in [-0.39, 0.29) is 42.7 Å². The molecule has 3 rings (SSSR count). The quantitative estimate of drug-likeness (QED) is 0.659. The number of thioether (sulfide) groups is 1. The number of aryl methyl sites for hydroxylation is 1. The highest BCUT2D eigenvalue weighted by molar-refractivity contribution is 7.99. The van der Waals surface area contributed by atoms with Crippen molar-refractivity contribution in [3.05, 3.63) is 53.9 Å². The van der Waals surface area contributed by atoms with Crippen molar-refractivity contribution < 1.29 is 9.59 Å². The molecule has 1 saturated heterocycles. The first-order valence-corrected chi connectivity index (χ1v) is 9.70. The van der Waals surface area contributed by atoms with Gasteiger partial charge in [-0.05, 0) is 36.8 Å². The lowest BCUT2D eigenvalue weighted by molar-refractivity contribution is -0.116. The van der Waals surface area contributed by atoms with Gasteiger partial charge >= 0.3 is 0 Å². The van der Waals surface area contributed by atoms with Gasteiger partial charge in [-0.3, -0.25) is 14.6 Å². The first-order valence-electron chi connectivity index (χ1n) is 8.55. The zero-order valence-corrected chi connectivity index (χ0v) is 17.9. The maximum absolute atomic E-state index is 12.3. The lowest BCUT2D eigenvalue weighted by Crippen LogP contribution is -2.39. The van der Waals surface area contributed by atoms with Gasteiger partial charge in [-0.25, -0.2) is 0 Å². The van der Waals surface area contributed by atoms with Crippen molar-refractivity contribution in [2.75, 3.05) is 28.7 Å². The minimum Gasteiger partial charge on any atom is -0.326 e. The smallest absolute Gasteiger partial charge is 0.255 e. The highest BCUT2D eigenvalue weighted by Crippen LogP contribution is 2.21. The van der Waals surface area contributed by atoms with Crippen LogP contribution >= 0.6 is 36.6 Å². The van der Waals surface area contributed by atoms with E-state index in [0.717, 1.165) is 23.6 Å². The van der Waals surface area contributed by atoms with Gasteiger partial charge in [-0.2, -0.15) is 11.8 Å². The van der Waals surface area contributed by atoms with Crippen molar-refractivity contribution in [3.8, 4) is 0 Å². The van der Waals surface area contributed by atoms with Gasteiger partial charge in [0, 0.05) is 59.8 Å². The standard InChI is InChI=1S/C19H22N4O2S.2ClH/c1-13-2-3-15(22-18(24)11-16-12-26-9-8-21-16)10-17(13)23-19(25)14-4-6-20-7-5-14;;/h2-7,10,16,21H,8-9,11-12H2,1H3,(H,22,24)(H,23,25);2*1H. The summed E-state index contributed by atoms with van der Waals surface area (Å²) in [6, 6.07) is 9.04. The summed E-state index contributed by atoms with van der Waals surface area (Å²) in [5.74, 6) is 1.81. The molecule has 0 aliphatic carbocycles. The molecule has 1 aromatic carbocycles. The molecule has 28 heavy (non-hydrogen) atoms. The number of nitrogens with zero attached hydrogens (tertiary/aromatic N) is 1. The second-order valence-corrected chi connectivity index (χ2v) is 7.35. The SMILES string of the molecule is Cc1ccc(NC(=O)CC2CSCCN2)cc1NC(=O)c1ccncc1.Cl.Cl. The summed E-state index contributed by atoms with van der Waals surface area (Å²) < 4.78 is 0. The first kappa shape index (κ1) is 24.2. The molecular formula is C19H24Cl2N4O2S. The van der Waals surface area contributed by atoms with E-state index in [1.54, 1.807) is 30.6 Å². The molecule has 2 amide bonds. The van der Waals surface area contributed by atoms with Crippen LogP contribution in [0.15, 0.2) is 42.7 Å². The molecule has 3 N–H and O–H groups in total. The Balaban J connectivity index is 0.00000196. The van der Waals surface area contributed by atoms with Crippen LogP contribution < -0.4 is 16.0 Å². The third kappa shape index (κ3) is 6.98. The lowest BCUT2D eigenvalue weighted by atomic mass is 10.1. The van der Waals surface area contributed by atoms with Crippen molar-refractivity contribution in [3.63, 3.8) is 0 Å². The molecule has 0 radical (unpaired) electrons. The minimum absolute atomic E-state index is 0. The molecule has 1 aromatic heterocycles. The Bertz CT molecular complexity index is 787. The van der Waals surface area contributed by atoms with Crippen LogP contribution in [0.2, 0.25) is 0 Å². The number of amides is 2. The molecule has 1 unspecified atom stereocenters. The number of halogens is 2. The van der Waals surface area contributed by atoms with Crippen LogP contribution in [0.3, 0.4) is 0 Å². The molecule has 0 spiro atoms. The number of anilines is 2. The third-order valence-corrected chi connectivity index (χ3v) is 5.27. The van der Waals surface area contributed by atoms with Gasteiger partial charge in [0.15, 0.2) is 0 Å². The summed E-state index contributed by atoms with van der Waals surface area (Å²) in [7, 11) is 0. The van der Waals surface area contributed by atoms with E-state index in [2.05, 4.69) is 20.9 Å². The molecule has 1 aliphatic rings. The molecular weight excluding hydrogens is 419 g/mol. The van der Waals surface area contributed by atoms with E-state index in [0.29, 0.717) is 23.4 Å². The number of hydrogen-bond donors (Lipinski definition) is 3. The molecule has 0 bridgehead atoms. The van der Waals surface area contributed by atoms with Gasteiger partial charge in [0.1, 0.15) is 0 Å². The second-order valence-electron chi connectivity index (χ2n) is 6.20. The zero-order chi connectivity index (χ0) is 18.4. The van der Waals surface area contributed by atoms with Crippen LogP contribution in [0.25, 0.3) is 0 Å². The second kappa shape index (κ2) is 11.9. The number of nitrogens with one attached hydrogen (secondary N) is 3. The normalized spacial score (nSPS) is 15.5. The van der Waals surface area contributed by atoms with E-state index in [1.165, 1.54) is 0 Å². The van der Waals surface area contributed by atoms with Crippen molar-refractivity contribution >= 4 is 59.8 Å². The van der Waals surface area contributed by atoms with Crippen LogP contribution in [0.5, 0.6) is 0 Å². The van der Waals surface area contributed by atoms with E-state index >= 15 is 0 Å². The van der Waals surface area contributed by atoms with Crippen LogP contribution in [0.1, 0.15) is 22.3 Å². The fourth-order valence-electron chi connectivity index (χ4n) is 2.72. The van der Waals surface area contributed by atoms with Crippen LogP contribution in [-0.2, 0) is 4.79 Å². The monoisotopic (exact) mass is 442 g/mol. The molecule has 1 aliphatic heterocycles. The van der Waals surface area contributed by atoms with Crippen molar-refractivity contribution in [2.24, 2.45) is 0 Å². The molecule has 0 saturated carbocycles. The highest BCUT2D eigenvalue weighted by atomic mass is 35.5.